The lowest BCUT2D eigenvalue weighted by Crippen LogP contribution is -1.94. The fraction of sp³-hybridized carbons (Fsp3) is 0.250. The maximum absolute atomic E-state index is 5.87. The standard InChI is InChI=1S/C16H16O/c1-11(2)10-12-6-5-9-15-16(12)13-7-3-4-8-14(13)17-15/h3-9,11H,10H2,1-2H3. The molecule has 0 aliphatic carbocycles. The van der Waals surface area contributed by atoms with E-state index in [1.807, 2.05) is 12.1 Å². The quantitative estimate of drug-likeness (QED) is 0.610. The van der Waals surface area contributed by atoms with Crippen LogP contribution in [0.15, 0.2) is 46.9 Å². The number of para-hydroxylation sites is 1. The molecule has 17 heavy (non-hydrogen) atoms. The van der Waals surface area contributed by atoms with Gasteiger partial charge in [-0.05, 0) is 30.0 Å². The monoisotopic (exact) mass is 224 g/mol. The minimum Gasteiger partial charge on any atom is -0.456 e. The number of fused-ring (bicyclic) bond motifs is 3. The van der Waals surface area contributed by atoms with Gasteiger partial charge in [-0.1, -0.05) is 44.2 Å². The summed E-state index contributed by atoms with van der Waals surface area (Å²) in [6.45, 7) is 4.50. The highest BCUT2D eigenvalue weighted by Crippen LogP contribution is 2.32. The molecule has 1 nitrogen and oxygen atoms in total. The highest BCUT2D eigenvalue weighted by atomic mass is 16.3. The summed E-state index contributed by atoms with van der Waals surface area (Å²) >= 11 is 0. The van der Waals surface area contributed by atoms with Gasteiger partial charge in [0, 0.05) is 10.8 Å². The molecule has 0 N–H and O–H groups in total. The first-order chi connectivity index (χ1) is 8.25. The Morgan fingerprint density at radius 3 is 2.53 bits per heavy atom. The van der Waals surface area contributed by atoms with Gasteiger partial charge in [0.05, 0.1) is 0 Å². The van der Waals surface area contributed by atoms with E-state index in [0.717, 1.165) is 17.6 Å². The Morgan fingerprint density at radius 2 is 1.71 bits per heavy atom. The Morgan fingerprint density at radius 1 is 0.941 bits per heavy atom. The molecule has 3 rings (SSSR count). The van der Waals surface area contributed by atoms with Crippen molar-refractivity contribution in [3.8, 4) is 0 Å². The van der Waals surface area contributed by atoms with Gasteiger partial charge in [0.2, 0.25) is 0 Å². The normalized spacial score (nSPS) is 11.7. The Bertz CT molecular complexity index is 661. The van der Waals surface area contributed by atoms with Crippen LogP contribution in [-0.2, 0) is 6.42 Å². The molecule has 0 saturated carbocycles. The maximum Gasteiger partial charge on any atom is 0.135 e. The van der Waals surface area contributed by atoms with E-state index in [0.29, 0.717) is 5.92 Å². The summed E-state index contributed by atoms with van der Waals surface area (Å²) in [5, 5.41) is 2.52. The summed E-state index contributed by atoms with van der Waals surface area (Å²) in [6.07, 6.45) is 1.10. The van der Waals surface area contributed by atoms with Crippen molar-refractivity contribution in [2.75, 3.05) is 0 Å². The molecular weight excluding hydrogens is 208 g/mol. The predicted octanol–water partition coefficient (Wildman–Crippen LogP) is 4.78. The van der Waals surface area contributed by atoms with Crippen LogP contribution < -0.4 is 0 Å². The van der Waals surface area contributed by atoms with E-state index in [2.05, 4.69) is 44.2 Å². The van der Waals surface area contributed by atoms with Crippen LogP contribution in [0.3, 0.4) is 0 Å². The van der Waals surface area contributed by atoms with Gasteiger partial charge in [-0.2, -0.15) is 0 Å². The molecule has 0 spiro atoms. The lowest BCUT2D eigenvalue weighted by molar-refractivity contribution is 0.647. The van der Waals surface area contributed by atoms with Crippen LogP contribution in [0.25, 0.3) is 21.9 Å². The van der Waals surface area contributed by atoms with E-state index in [9.17, 15) is 0 Å². The Labute approximate surface area is 101 Å². The third kappa shape index (κ3) is 1.72. The molecule has 0 aliphatic rings. The molecule has 0 aliphatic heterocycles. The van der Waals surface area contributed by atoms with Gasteiger partial charge < -0.3 is 4.42 Å². The zero-order valence-electron chi connectivity index (χ0n) is 10.2. The van der Waals surface area contributed by atoms with E-state index < -0.39 is 0 Å². The zero-order valence-corrected chi connectivity index (χ0v) is 10.2. The van der Waals surface area contributed by atoms with Crippen molar-refractivity contribution < 1.29 is 4.42 Å². The van der Waals surface area contributed by atoms with E-state index in [1.165, 1.54) is 16.3 Å². The predicted molar refractivity (Wildman–Crippen MR) is 72.3 cm³/mol. The lowest BCUT2D eigenvalue weighted by atomic mass is 9.98. The van der Waals surface area contributed by atoms with Crippen LogP contribution in [0.1, 0.15) is 19.4 Å². The van der Waals surface area contributed by atoms with Crippen molar-refractivity contribution in [3.05, 3.63) is 48.0 Å². The van der Waals surface area contributed by atoms with Gasteiger partial charge in [0.1, 0.15) is 11.2 Å². The SMILES string of the molecule is CC(C)Cc1cccc2oc3ccccc3c12. The molecule has 1 heterocycles. The molecular formula is C16H16O. The van der Waals surface area contributed by atoms with Crippen molar-refractivity contribution in [1.82, 2.24) is 0 Å². The Balaban J connectivity index is 2.35. The van der Waals surface area contributed by atoms with E-state index >= 15 is 0 Å². The summed E-state index contributed by atoms with van der Waals surface area (Å²) in [6, 6.07) is 14.6. The lowest BCUT2D eigenvalue weighted by Gasteiger charge is -2.05. The largest absolute Gasteiger partial charge is 0.456 e. The molecule has 0 radical (unpaired) electrons. The van der Waals surface area contributed by atoms with Crippen LogP contribution >= 0.6 is 0 Å². The van der Waals surface area contributed by atoms with Crippen LogP contribution in [0.2, 0.25) is 0 Å². The van der Waals surface area contributed by atoms with Crippen molar-refractivity contribution >= 4 is 21.9 Å². The van der Waals surface area contributed by atoms with Crippen molar-refractivity contribution in [3.63, 3.8) is 0 Å². The average molecular weight is 224 g/mol. The molecule has 0 fully saturated rings. The summed E-state index contributed by atoms with van der Waals surface area (Å²) in [7, 11) is 0. The molecule has 1 heteroatoms. The van der Waals surface area contributed by atoms with E-state index in [4.69, 9.17) is 4.42 Å². The van der Waals surface area contributed by atoms with E-state index in [1.54, 1.807) is 0 Å². The van der Waals surface area contributed by atoms with Crippen LogP contribution in [0, 0.1) is 5.92 Å². The van der Waals surface area contributed by atoms with Crippen molar-refractivity contribution in [2.45, 2.75) is 20.3 Å². The summed E-state index contributed by atoms with van der Waals surface area (Å²) in [4.78, 5) is 0. The van der Waals surface area contributed by atoms with Gasteiger partial charge in [-0.15, -0.1) is 0 Å². The van der Waals surface area contributed by atoms with Crippen LogP contribution in [0.5, 0.6) is 0 Å². The molecule has 0 atom stereocenters. The van der Waals surface area contributed by atoms with Gasteiger partial charge in [-0.25, -0.2) is 0 Å². The molecule has 2 aromatic carbocycles. The second kappa shape index (κ2) is 3.92. The number of furan rings is 1. The summed E-state index contributed by atoms with van der Waals surface area (Å²) in [5.41, 5.74) is 3.38. The average Bonchev–Trinajstić information content (AvgIpc) is 2.67. The first-order valence-electron chi connectivity index (χ1n) is 6.15. The van der Waals surface area contributed by atoms with Crippen LogP contribution in [-0.4, -0.2) is 0 Å². The minimum atomic E-state index is 0.661. The minimum absolute atomic E-state index is 0.661. The highest BCUT2D eigenvalue weighted by molar-refractivity contribution is 6.06. The van der Waals surface area contributed by atoms with Gasteiger partial charge in [0.25, 0.3) is 0 Å². The molecule has 86 valence electrons. The van der Waals surface area contributed by atoms with Crippen molar-refractivity contribution in [2.24, 2.45) is 5.92 Å². The molecule has 0 unspecified atom stereocenters. The number of hydrogen-bond acceptors (Lipinski definition) is 1. The molecule has 3 aromatic rings. The third-order valence-electron chi connectivity index (χ3n) is 3.12. The molecule has 0 amide bonds. The highest BCUT2D eigenvalue weighted by Gasteiger charge is 2.10. The fourth-order valence-electron chi connectivity index (χ4n) is 2.46. The maximum atomic E-state index is 5.87. The second-order valence-electron chi connectivity index (χ2n) is 4.99. The Hall–Kier alpha value is -1.76. The molecule has 0 bridgehead atoms. The summed E-state index contributed by atoms with van der Waals surface area (Å²) in [5.74, 6) is 0.661. The smallest absolute Gasteiger partial charge is 0.135 e. The number of benzene rings is 2. The topological polar surface area (TPSA) is 13.1 Å². The number of hydrogen-bond donors (Lipinski definition) is 0. The van der Waals surface area contributed by atoms with Gasteiger partial charge in [0.15, 0.2) is 0 Å². The van der Waals surface area contributed by atoms with Crippen LogP contribution in [0.4, 0.5) is 0 Å². The van der Waals surface area contributed by atoms with E-state index in [-0.39, 0.29) is 0 Å². The Kier molecular flexibility index (Phi) is 2.40. The zero-order chi connectivity index (χ0) is 11.8. The third-order valence-corrected chi connectivity index (χ3v) is 3.12. The number of rotatable bonds is 2. The summed E-state index contributed by atoms with van der Waals surface area (Å²) < 4.78 is 5.87. The van der Waals surface area contributed by atoms with Crippen molar-refractivity contribution in [1.29, 1.82) is 0 Å². The first-order valence-corrected chi connectivity index (χ1v) is 6.15. The fourth-order valence-corrected chi connectivity index (χ4v) is 2.46. The van der Waals surface area contributed by atoms with Gasteiger partial charge >= 0.3 is 0 Å². The van der Waals surface area contributed by atoms with Gasteiger partial charge in [-0.3, -0.25) is 0 Å². The molecule has 1 aromatic heterocycles. The molecule has 0 saturated heterocycles. The second-order valence-corrected chi connectivity index (χ2v) is 4.99. The first kappa shape index (κ1) is 10.4.